The molecule has 31 heavy (non-hydrogen) atoms. The Bertz CT molecular complexity index is 947. The highest BCUT2D eigenvalue weighted by atomic mass is 16.2. The highest BCUT2D eigenvalue weighted by molar-refractivity contribution is 5.95. The van der Waals surface area contributed by atoms with E-state index in [0.717, 1.165) is 35.3 Å². The lowest BCUT2D eigenvalue weighted by molar-refractivity contribution is -0.117. The second-order valence-corrected chi connectivity index (χ2v) is 9.29. The molecule has 5 heteroatoms. The summed E-state index contributed by atoms with van der Waals surface area (Å²) in [6.45, 7) is 8.86. The van der Waals surface area contributed by atoms with Crippen molar-refractivity contribution >= 4 is 23.2 Å². The van der Waals surface area contributed by atoms with E-state index in [9.17, 15) is 9.59 Å². The third-order valence-electron chi connectivity index (χ3n) is 6.10. The Morgan fingerprint density at radius 1 is 1.06 bits per heavy atom. The van der Waals surface area contributed by atoms with Gasteiger partial charge in [0.05, 0.1) is 0 Å². The lowest BCUT2D eigenvalue weighted by Crippen LogP contribution is -2.41. The minimum atomic E-state index is 0.0297. The van der Waals surface area contributed by atoms with Gasteiger partial charge in [0.15, 0.2) is 0 Å². The van der Waals surface area contributed by atoms with E-state index in [4.69, 9.17) is 0 Å². The van der Waals surface area contributed by atoms with Gasteiger partial charge in [-0.2, -0.15) is 0 Å². The van der Waals surface area contributed by atoms with E-state index in [1.54, 1.807) is 0 Å². The fourth-order valence-electron chi connectivity index (χ4n) is 3.70. The molecule has 2 aromatic carbocycles. The molecule has 5 nitrogen and oxygen atoms in total. The SMILES string of the molecule is Cc1cccc(C(=O)N(Cc2cc(NC(=O)C3CC3)ccc2N(C)C)C(C)C(C)C)c1. The number of nitrogens with one attached hydrogen (secondary N) is 1. The van der Waals surface area contributed by atoms with Crippen LogP contribution < -0.4 is 10.2 Å². The normalized spacial score (nSPS) is 14.3. The number of carbonyl (C=O) groups is 2. The Kier molecular flexibility index (Phi) is 7.04. The molecule has 1 N–H and O–H groups in total. The van der Waals surface area contributed by atoms with Gasteiger partial charge in [-0.25, -0.2) is 0 Å². The fourth-order valence-corrected chi connectivity index (χ4v) is 3.70. The molecule has 2 amide bonds. The average Bonchev–Trinajstić information content (AvgIpc) is 3.56. The van der Waals surface area contributed by atoms with Gasteiger partial charge in [0.25, 0.3) is 5.91 Å². The van der Waals surface area contributed by atoms with Crippen molar-refractivity contribution in [2.24, 2.45) is 11.8 Å². The molecule has 1 saturated carbocycles. The van der Waals surface area contributed by atoms with Crippen molar-refractivity contribution in [2.45, 2.75) is 53.1 Å². The molecule has 0 radical (unpaired) electrons. The number of nitrogens with zero attached hydrogens (tertiary/aromatic N) is 2. The smallest absolute Gasteiger partial charge is 0.254 e. The number of aryl methyl sites for hydroxylation is 1. The summed E-state index contributed by atoms with van der Waals surface area (Å²) in [6, 6.07) is 13.8. The number of rotatable bonds is 8. The van der Waals surface area contributed by atoms with Crippen LogP contribution >= 0.6 is 0 Å². The summed E-state index contributed by atoms with van der Waals surface area (Å²) in [5.74, 6) is 0.584. The maximum absolute atomic E-state index is 13.5. The van der Waals surface area contributed by atoms with E-state index >= 15 is 0 Å². The fraction of sp³-hybridized carbons (Fsp3) is 0.462. The molecule has 0 aliphatic heterocycles. The molecule has 166 valence electrons. The highest BCUT2D eigenvalue weighted by Crippen LogP contribution is 2.32. The van der Waals surface area contributed by atoms with Gasteiger partial charge in [-0.15, -0.1) is 0 Å². The monoisotopic (exact) mass is 421 g/mol. The number of hydrogen-bond acceptors (Lipinski definition) is 3. The van der Waals surface area contributed by atoms with Gasteiger partial charge in [-0.05, 0) is 68.5 Å². The molecule has 1 unspecified atom stereocenters. The summed E-state index contributed by atoms with van der Waals surface area (Å²) in [6.07, 6.45) is 1.94. The molecule has 0 spiro atoms. The molecule has 0 bridgehead atoms. The zero-order valence-electron chi connectivity index (χ0n) is 19.6. The molecule has 3 rings (SSSR count). The lowest BCUT2D eigenvalue weighted by atomic mass is 10.0. The topological polar surface area (TPSA) is 52.7 Å². The van der Waals surface area contributed by atoms with Crippen molar-refractivity contribution in [3.63, 3.8) is 0 Å². The summed E-state index contributed by atoms with van der Waals surface area (Å²) < 4.78 is 0. The highest BCUT2D eigenvalue weighted by Gasteiger charge is 2.30. The molecule has 2 aromatic rings. The molecule has 1 atom stereocenters. The van der Waals surface area contributed by atoms with E-state index < -0.39 is 0 Å². The van der Waals surface area contributed by atoms with Crippen LogP contribution in [0, 0.1) is 18.8 Å². The summed E-state index contributed by atoms with van der Waals surface area (Å²) in [5.41, 5.74) is 4.63. The van der Waals surface area contributed by atoms with Crippen molar-refractivity contribution in [1.82, 2.24) is 4.90 Å². The Balaban J connectivity index is 1.94. The largest absolute Gasteiger partial charge is 0.377 e. The zero-order valence-corrected chi connectivity index (χ0v) is 19.6. The van der Waals surface area contributed by atoms with Crippen LogP contribution in [0.2, 0.25) is 0 Å². The Morgan fingerprint density at radius 3 is 2.35 bits per heavy atom. The first-order chi connectivity index (χ1) is 14.7. The Hall–Kier alpha value is -2.82. The minimum absolute atomic E-state index is 0.0297. The molecule has 1 fully saturated rings. The maximum atomic E-state index is 13.5. The lowest BCUT2D eigenvalue weighted by Gasteiger charge is -2.33. The molecule has 1 aliphatic carbocycles. The first kappa shape index (κ1) is 22.9. The summed E-state index contributed by atoms with van der Waals surface area (Å²) in [5, 5.41) is 3.04. The predicted molar refractivity (Wildman–Crippen MR) is 127 cm³/mol. The molecule has 1 aliphatic rings. The third kappa shape index (κ3) is 5.66. The van der Waals surface area contributed by atoms with E-state index in [2.05, 4.69) is 31.0 Å². The summed E-state index contributed by atoms with van der Waals surface area (Å²) >= 11 is 0. The van der Waals surface area contributed by atoms with Crippen LogP contribution in [0.15, 0.2) is 42.5 Å². The summed E-state index contributed by atoms with van der Waals surface area (Å²) in [7, 11) is 4.00. The average molecular weight is 422 g/mol. The third-order valence-corrected chi connectivity index (χ3v) is 6.10. The predicted octanol–water partition coefficient (Wildman–Crippen LogP) is 5.10. The second kappa shape index (κ2) is 9.54. The van der Waals surface area contributed by atoms with Crippen LogP contribution in [-0.4, -0.2) is 36.9 Å². The van der Waals surface area contributed by atoms with Gasteiger partial charge in [-0.3, -0.25) is 9.59 Å². The number of benzene rings is 2. The standard InChI is InChI=1S/C26H35N3O2/c1-17(2)19(4)29(26(31)21-9-7-8-18(3)14-21)16-22-15-23(12-13-24(22)28(5)6)27-25(30)20-10-11-20/h7-9,12-15,17,19-20H,10-11,16H2,1-6H3,(H,27,30). The van der Waals surface area contributed by atoms with Gasteiger partial charge < -0.3 is 15.1 Å². The zero-order chi connectivity index (χ0) is 22.7. The van der Waals surface area contributed by atoms with E-state index in [1.807, 2.05) is 68.4 Å². The van der Waals surface area contributed by atoms with Crippen molar-refractivity contribution < 1.29 is 9.59 Å². The minimum Gasteiger partial charge on any atom is -0.377 e. The van der Waals surface area contributed by atoms with Crippen LogP contribution in [-0.2, 0) is 11.3 Å². The van der Waals surface area contributed by atoms with E-state index in [1.165, 1.54) is 0 Å². The number of anilines is 2. The van der Waals surface area contributed by atoms with Crippen LogP contribution in [0.3, 0.4) is 0 Å². The van der Waals surface area contributed by atoms with Crippen molar-refractivity contribution in [3.05, 3.63) is 59.2 Å². The van der Waals surface area contributed by atoms with Crippen molar-refractivity contribution in [2.75, 3.05) is 24.3 Å². The van der Waals surface area contributed by atoms with Gasteiger partial charge in [-0.1, -0.05) is 31.5 Å². The molecule has 0 aromatic heterocycles. The van der Waals surface area contributed by atoms with Crippen LogP contribution in [0.25, 0.3) is 0 Å². The van der Waals surface area contributed by atoms with E-state index in [-0.39, 0.29) is 23.8 Å². The molecule has 0 heterocycles. The van der Waals surface area contributed by atoms with Crippen LogP contribution in [0.5, 0.6) is 0 Å². The quantitative estimate of drug-likeness (QED) is 0.645. The number of hydrogen-bond donors (Lipinski definition) is 1. The van der Waals surface area contributed by atoms with E-state index in [0.29, 0.717) is 18.0 Å². The van der Waals surface area contributed by atoms with Crippen molar-refractivity contribution in [1.29, 1.82) is 0 Å². The first-order valence-electron chi connectivity index (χ1n) is 11.2. The molecular weight excluding hydrogens is 386 g/mol. The summed E-state index contributed by atoms with van der Waals surface area (Å²) in [4.78, 5) is 29.8. The Morgan fingerprint density at radius 2 is 1.77 bits per heavy atom. The van der Waals surface area contributed by atoms with Gasteiger partial charge in [0.1, 0.15) is 0 Å². The van der Waals surface area contributed by atoms with Gasteiger partial charge in [0, 0.05) is 49.5 Å². The maximum Gasteiger partial charge on any atom is 0.254 e. The van der Waals surface area contributed by atoms with Gasteiger partial charge in [0.2, 0.25) is 5.91 Å². The molecule has 0 saturated heterocycles. The molecular formula is C26H35N3O2. The van der Waals surface area contributed by atoms with Crippen LogP contribution in [0.4, 0.5) is 11.4 Å². The Labute approximate surface area is 186 Å². The van der Waals surface area contributed by atoms with Crippen LogP contribution in [0.1, 0.15) is 55.1 Å². The van der Waals surface area contributed by atoms with Gasteiger partial charge >= 0.3 is 0 Å². The first-order valence-corrected chi connectivity index (χ1v) is 11.2. The number of carbonyl (C=O) groups excluding carboxylic acids is 2. The van der Waals surface area contributed by atoms with Crippen molar-refractivity contribution in [3.8, 4) is 0 Å². The second-order valence-electron chi connectivity index (χ2n) is 9.29. The number of amides is 2.